The van der Waals surface area contributed by atoms with Crippen LogP contribution in [0.25, 0.3) is 0 Å². The lowest BCUT2D eigenvalue weighted by Crippen LogP contribution is -2.15. The van der Waals surface area contributed by atoms with Crippen LogP contribution in [0.2, 0.25) is 0 Å². The van der Waals surface area contributed by atoms with E-state index in [1.807, 2.05) is 13.0 Å². The Bertz CT molecular complexity index is 664. The third-order valence-corrected chi connectivity index (χ3v) is 3.65. The molecule has 7 heteroatoms. The SMILES string of the molecule is COc1ccc(NC(=O)CSc2nccc(C)n2)c(OC)c1. The predicted octanol–water partition coefficient (Wildman–Crippen LogP) is 2.53. The molecule has 1 aromatic carbocycles. The zero-order valence-electron chi connectivity index (χ0n) is 12.6. The molecule has 22 heavy (non-hydrogen) atoms. The second-order valence-electron chi connectivity index (χ2n) is 4.38. The van der Waals surface area contributed by atoms with E-state index in [9.17, 15) is 4.79 Å². The third kappa shape index (κ3) is 4.36. The Kier molecular flexibility index (Phi) is 5.60. The lowest BCUT2D eigenvalue weighted by Gasteiger charge is -2.11. The second kappa shape index (κ2) is 7.65. The first-order valence-corrected chi connectivity index (χ1v) is 7.55. The Balaban J connectivity index is 1.97. The van der Waals surface area contributed by atoms with E-state index in [0.29, 0.717) is 22.3 Å². The average Bonchev–Trinajstić information content (AvgIpc) is 2.53. The quantitative estimate of drug-likeness (QED) is 0.651. The molecular formula is C15H17N3O3S. The number of carbonyl (C=O) groups excluding carboxylic acids is 1. The molecule has 0 atom stereocenters. The molecular weight excluding hydrogens is 302 g/mol. The van der Waals surface area contributed by atoms with Crippen LogP contribution in [0.15, 0.2) is 35.6 Å². The van der Waals surface area contributed by atoms with Crippen LogP contribution in [-0.2, 0) is 4.79 Å². The molecule has 0 aliphatic carbocycles. The molecule has 0 saturated heterocycles. The predicted molar refractivity (Wildman–Crippen MR) is 85.7 cm³/mol. The second-order valence-corrected chi connectivity index (χ2v) is 5.33. The van der Waals surface area contributed by atoms with Crippen LogP contribution in [0.3, 0.4) is 0 Å². The summed E-state index contributed by atoms with van der Waals surface area (Å²) >= 11 is 1.28. The molecule has 0 bridgehead atoms. The highest BCUT2D eigenvalue weighted by atomic mass is 32.2. The van der Waals surface area contributed by atoms with E-state index in [4.69, 9.17) is 9.47 Å². The number of methoxy groups -OCH3 is 2. The molecule has 0 aliphatic heterocycles. The molecule has 0 fully saturated rings. The molecule has 0 unspecified atom stereocenters. The number of nitrogens with one attached hydrogen (secondary N) is 1. The molecule has 1 heterocycles. The monoisotopic (exact) mass is 319 g/mol. The van der Waals surface area contributed by atoms with E-state index in [1.165, 1.54) is 11.8 Å². The molecule has 0 saturated carbocycles. The summed E-state index contributed by atoms with van der Waals surface area (Å²) in [5, 5.41) is 3.38. The topological polar surface area (TPSA) is 73.3 Å². The van der Waals surface area contributed by atoms with Gasteiger partial charge in [0.2, 0.25) is 5.91 Å². The van der Waals surface area contributed by atoms with Gasteiger partial charge in [-0.2, -0.15) is 0 Å². The standard InChI is InChI=1S/C15H17N3O3S/c1-10-6-7-16-15(17-10)22-9-14(19)18-12-5-4-11(20-2)8-13(12)21-3/h4-8H,9H2,1-3H3,(H,18,19). The maximum atomic E-state index is 12.0. The van der Waals surface area contributed by atoms with Crippen molar-refractivity contribution in [2.24, 2.45) is 0 Å². The van der Waals surface area contributed by atoms with Crippen molar-refractivity contribution >= 4 is 23.4 Å². The van der Waals surface area contributed by atoms with Gasteiger partial charge >= 0.3 is 0 Å². The number of benzene rings is 1. The van der Waals surface area contributed by atoms with Gasteiger partial charge in [0.25, 0.3) is 0 Å². The number of thioether (sulfide) groups is 1. The lowest BCUT2D eigenvalue weighted by atomic mass is 10.2. The van der Waals surface area contributed by atoms with Gasteiger partial charge in [0.15, 0.2) is 5.16 Å². The molecule has 2 rings (SSSR count). The third-order valence-electron chi connectivity index (χ3n) is 2.79. The zero-order chi connectivity index (χ0) is 15.9. The van der Waals surface area contributed by atoms with Crippen LogP contribution >= 0.6 is 11.8 Å². The van der Waals surface area contributed by atoms with Gasteiger partial charge in [0, 0.05) is 18.0 Å². The van der Waals surface area contributed by atoms with Gasteiger partial charge in [-0.25, -0.2) is 9.97 Å². The van der Waals surface area contributed by atoms with Gasteiger partial charge in [0.05, 0.1) is 25.7 Å². The number of ether oxygens (including phenoxy) is 2. The van der Waals surface area contributed by atoms with E-state index in [1.54, 1.807) is 38.6 Å². The van der Waals surface area contributed by atoms with Gasteiger partial charge in [-0.1, -0.05) is 11.8 Å². The van der Waals surface area contributed by atoms with E-state index in [0.717, 1.165) is 5.69 Å². The van der Waals surface area contributed by atoms with Crippen LogP contribution < -0.4 is 14.8 Å². The van der Waals surface area contributed by atoms with Gasteiger partial charge < -0.3 is 14.8 Å². The fraction of sp³-hybridized carbons (Fsp3) is 0.267. The van der Waals surface area contributed by atoms with Crippen molar-refractivity contribution in [3.8, 4) is 11.5 Å². The van der Waals surface area contributed by atoms with Crippen LogP contribution in [0, 0.1) is 6.92 Å². The molecule has 0 aliphatic rings. The fourth-order valence-electron chi connectivity index (χ4n) is 1.71. The molecule has 116 valence electrons. The van der Waals surface area contributed by atoms with E-state index >= 15 is 0 Å². The number of anilines is 1. The number of hydrogen-bond donors (Lipinski definition) is 1. The fourth-order valence-corrected chi connectivity index (χ4v) is 2.39. The smallest absolute Gasteiger partial charge is 0.234 e. The molecule has 2 aromatic rings. The maximum Gasteiger partial charge on any atom is 0.234 e. The number of amides is 1. The highest BCUT2D eigenvalue weighted by Crippen LogP contribution is 2.29. The first kappa shape index (κ1) is 16.1. The summed E-state index contributed by atoms with van der Waals surface area (Å²) in [5.41, 5.74) is 1.47. The molecule has 1 aromatic heterocycles. The maximum absolute atomic E-state index is 12.0. The summed E-state index contributed by atoms with van der Waals surface area (Å²) in [4.78, 5) is 20.4. The van der Waals surface area contributed by atoms with Crippen LogP contribution in [0.4, 0.5) is 5.69 Å². The van der Waals surface area contributed by atoms with Crippen molar-refractivity contribution < 1.29 is 14.3 Å². The number of hydrogen-bond acceptors (Lipinski definition) is 6. The number of aromatic nitrogens is 2. The van der Waals surface area contributed by atoms with Crippen molar-refractivity contribution in [2.75, 3.05) is 25.3 Å². The first-order chi connectivity index (χ1) is 10.6. The highest BCUT2D eigenvalue weighted by Gasteiger charge is 2.10. The summed E-state index contributed by atoms with van der Waals surface area (Å²) in [6.07, 6.45) is 1.68. The van der Waals surface area contributed by atoms with Gasteiger partial charge in [0.1, 0.15) is 11.5 Å². The van der Waals surface area contributed by atoms with Crippen molar-refractivity contribution in [2.45, 2.75) is 12.1 Å². The summed E-state index contributed by atoms with van der Waals surface area (Å²) in [7, 11) is 3.12. The lowest BCUT2D eigenvalue weighted by molar-refractivity contribution is -0.113. The van der Waals surface area contributed by atoms with Crippen molar-refractivity contribution in [3.63, 3.8) is 0 Å². The summed E-state index contributed by atoms with van der Waals surface area (Å²) in [6.45, 7) is 1.88. The molecule has 6 nitrogen and oxygen atoms in total. The van der Waals surface area contributed by atoms with Gasteiger partial charge in [-0.3, -0.25) is 4.79 Å². The Hall–Kier alpha value is -2.28. The number of rotatable bonds is 6. The van der Waals surface area contributed by atoms with Crippen molar-refractivity contribution in [1.82, 2.24) is 9.97 Å². The summed E-state index contributed by atoms with van der Waals surface area (Å²) in [6, 6.07) is 7.02. The van der Waals surface area contributed by atoms with E-state index in [2.05, 4.69) is 15.3 Å². The van der Waals surface area contributed by atoms with Crippen molar-refractivity contribution in [3.05, 3.63) is 36.2 Å². The Morgan fingerprint density at radius 3 is 2.77 bits per heavy atom. The molecule has 1 amide bonds. The zero-order valence-corrected chi connectivity index (χ0v) is 13.4. The minimum atomic E-state index is -0.154. The molecule has 1 N–H and O–H groups in total. The van der Waals surface area contributed by atoms with Crippen LogP contribution in [0.5, 0.6) is 11.5 Å². The van der Waals surface area contributed by atoms with E-state index in [-0.39, 0.29) is 11.7 Å². The first-order valence-electron chi connectivity index (χ1n) is 6.56. The van der Waals surface area contributed by atoms with Crippen LogP contribution in [0.1, 0.15) is 5.69 Å². The van der Waals surface area contributed by atoms with Gasteiger partial charge in [-0.05, 0) is 25.1 Å². The summed E-state index contributed by atoms with van der Waals surface area (Å²) < 4.78 is 10.4. The van der Waals surface area contributed by atoms with Crippen LogP contribution in [-0.4, -0.2) is 35.8 Å². The largest absolute Gasteiger partial charge is 0.497 e. The normalized spacial score (nSPS) is 10.1. The highest BCUT2D eigenvalue weighted by molar-refractivity contribution is 7.99. The Labute approximate surface area is 133 Å². The summed E-state index contributed by atoms with van der Waals surface area (Å²) in [5.74, 6) is 1.28. The molecule has 0 radical (unpaired) electrons. The van der Waals surface area contributed by atoms with E-state index < -0.39 is 0 Å². The molecule has 0 spiro atoms. The Morgan fingerprint density at radius 1 is 1.27 bits per heavy atom. The average molecular weight is 319 g/mol. The minimum absolute atomic E-state index is 0.154. The van der Waals surface area contributed by atoms with Crippen molar-refractivity contribution in [1.29, 1.82) is 0 Å². The number of aryl methyl sites for hydroxylation is 1. The number of nitrogens with zero attached hydrogens (tertiary/aromatic N) is 2. The number of carbonyl (C=O) groups is 1. The van der Waals surface area contributed by atoms with Gasteiger partial charge in [-0.15, -0.1) is 0 Å². The Morgan fingerprint density at radius 2 is 2.09 bits per heavy atom. The minimum Gasteiger partial charge on any atom is -0.497 e.